The summed E-state index contributed by atoms with van der Waals surface area (Å²) in [7, 11) is 2.52. The number of methoxy groups -OCH3 is 2. The number of hydrogen-bond donors (Lipinski definition) is 0. The summed E-state index contributed by atoms with van der Waals surface area (Å²) in [6, 6.07) is 9.63. The van der Waals surface area contributed by atoms with Crippen molar-refractivity contribution in [2.24, 2.45) is 5.41 Å². The van der Waals surface area contributed by atoms with Crippen LogP contribution in [-0.2, 0) is 19.1 Å². The Balaban J connectivity index is 3.07. The zero-order valence-corrected chi connectivity index (χ0v) is 14.8. The average molecular weight is 414 g/mol. The molecule has 1 aromatic rings. The molecule has 0 unspecified atom stereocenters. The number of benzene rings is 1. The molecular formula is C17H19IO4. The standard InChI is InChI=1S/C17H19IO4/c1-13(18)12-17(15(19)21-2,16(20)22-3)11-7-10-14-8-5-4-6-9-14/h4-10H,1,11-12H2,2-3H3/b10-7+. The van der Waals surface area contributed by atoms with Gasteiger partial charge in [0, 0.05) is 6.42 Å². The van der Waals surface area contributed by atoms with Gasteiger partial charge in [-0.2, -0.15) is 0 Å². The number of esters is 2. The van der Waals surface area contributed by atoms with Crippen LogP contribution in [0.2, 0.25) is 0 Å². The molecular weight excluding hydrogens is 395 g/mol. The van der Waals surface area contributed by atoms with E-state index in [1.54, 1.807) is 6.08 Å². The maximum atomic E-state index is 12.2. The van der Waals surface area contributed by atoms with E-state index in [-0.39, 0.29) is 12.8 Å². The van der Waals surface area contributed by atoms with Crippen LogP contribution in [0.5, 0.6) is 0 Å². The van der Waals surface area contributed by atoms with E-state index in [1.165, 1.54) is 14.2 Å². The van der Waals surface area contributed by atoms with Crippen molar-refractivity contribution in [2.75, 3.05) is 14.2 Å². The zero-order valence-electron chi connectivity index (χ0n) is 12.7. The summed E-state index contributed by atoms with van der Waals surface area (Å²) in [4.78, 5) is 24.4. The number of carbonyl (C=O) groups is 2. The Bertz CT molecular complexity index is 547. The number of hydrogen-bond acceptors (Lipinski definition) is 4. The minimum Gasteiger partial charge on any atom is -0.468 e. The minimum absolute atomic E-state index is 0.173. The van der Waals surface area contributed by atoms with E-state index in [1.807, 2.05) is 59.0 Å². The molecule has 0 heterocycles. The molecule has 0 aliphatic heterocycles. The maximum Gasteiger partial charge on any atom is 0.323 e. The van der Waals surface area contributed by atoms with Gasteiger partial charge in [0.1, 0.15) is 0 Å². The van der Waals surface area contributed by atoms with Gasteiger partial charge in [0.25, 0.3) is 0 Å². The van der Waals surface area contributed by atoms with Gasteiger partial charge >= 0.3 is 11.9 Å². The molecule has 0 amide bonds. The predicted molar refractivity (Wildman–Crippen MR) is 94.3 cm³/mol. The molecule has 0 spiro atoms. The highest BCUT2D eigenvalue weighted by Crippen LogP contribution is 2.35. The molecule has 1 aromatic carbocycles. The fourth-order valence-corrected chi connectivity index (χ4v) is 2.80. The van der Waals surface area contributed by atoms with E-state index < -0.39 is 17.4 Å². The van der Waals surface area contributed by atoms with Gasteiger partial charge < -0.3 is 9.47 Å². The normalized spacial score (nSPS) is 11.2. The molecule has 0 aliphatic carbocycles. The Morgan fingerprint density at radius 1 is 1.18 bits per heavy atom. The number of ether oxygens (including phenoxy) is 2. The quantitative estimate of drug-likeness (QED) is 0.388. The fourth-order valence-electron chi connectivity index (χ4n) is 2.15. The third kappa shape index (κ3) is 4.69. The zero-order chi connectivity index (χ0) is 16.6. The Labute approximate surface area is 144 Å². The Morgan fingerprint density at radius 3 is 2.18 bits per heavy atom. The molecule has 0 aromatic heterocycles. The van der Waals surface area contributed by atoms with Crippen LogP contribution >= 0.6 is 22.6 Å². The van der Waals surface area contributed by atoms with Crippen molar-refractivity contribution in [3.8, 4) is 0 Å². The number of allylic oxidation sites excluding steroid dienone is 2. The van der Waals surface area contributed by atoms with Crippen molar-refractivity contribution in [3.63, 3.8) is 0 Å². The molecule has 0 fully saturated rings. The molecule has 0 saturated carbocycles. The monoisotopic (exact) mass is 414 g/mol. The highest BCUT2D eigenvalue weighted by atomic mass is 127. The third-order valence-corrected chi connectivity index (χ3v) is 3.60. The van der Waals surface area contributed by atoms with Gasteiger partial charge in [-0.05, 0) is 38.2 Å². The first-order valence-corrected chi connectivity index (χ1v) is 7.76. The van der Waals surface area contributed by atoms with Gasteiger partial charge in [0.15, 0.2) is 5.41 Å². The van der Waals surface area contributed by atoms with E-state index in [0.29, 0.717) is 3.58 Å². The topological polar surface area (TPSA) is 52.6 Å². The number of carbonyl (C=O) groups excluding carboxylic acids is 2. The third-order valence-electron chi connectivity index (χ3n) is 3.22. The second-order valence-electron chi connectivity index (χ2n) is 4.78. The van der Waals surface area contributed by atoms with Crippen LogP contribution in [0.4, 0.5) is 0 Å². The van der Waals surface area contributed by atoms with Crippen LogP contribution in [0, 0.1) is 5.41 Å². The van der Waals surface area contributed by atoms with Gasteiger partial charge in [0.2, 0.25) is 0 Å². The van der Waals surface area contributed by atoms with E-state index in [2.05, 4.69) is 6.58 Å². The molecule has 0 bridgehead atoms. The molecule has 0 aliphatic rings. The van der Waals surface area contributed by atoms with E-state index >= 15 is 0 Å². The number of rotatable bonds is 7. The fraction of sp³-hybridized carbons (Fsp3) is 0.294. The lowest BCUT2D eigenvalue weighted by Crippen LogP contribution is -2.41. The summed E-state index contributed by atoms with van der Waals surface area (Å²) in [5.41, 5.74) is -0.410. The molecule has 1 rings (SSSR count). The van der Waals surface area contributed by atoms with Gasteiger partial charge in [-0.1, -0.05) is 49.1 Å². The summed E-state index contributed by atoms with van der Waals surface area (Å²) >= 11 is 2.00. The predicted octanol–water partition coefficient (Wildman–Crippen LogP) is 3.76. The largest absolute Gasteiger partial charge is 0.468 e. The lowest BCUT2D eigenvalue weighted by atomic mass is 9.80. The smallest absolute Gasteiger partial charge is 0.323 e. The molecule has 22 heavy (non-hydrogen) atoms. The second kappa shape index (κ2) is 8.73. The maximum absolute atomic E-state index is 12.2. The van der Waals surface area contributed by atoms with Crippen molar-refractivity contribution in [1.29, 1.82) is 0 Å². The van der Waals surface area contributed by atoms with Crippen LogP contribution in [0.1, 0.15) is 18.4 Å². The van der Waals surface area contributed by atoms with Gasteiger partial charge in [-0.25, -0.2) is 0 Å². The van der Waals surface area contributed by atoms with E-state index in [0.717, 1.165) is 5.56 Å². The summed E-state index contributed by atoms with van der Waals surface area (Å²) in [5, 5.41) is 0. The first-order valence-electron chi connectivity index (χ1n) is 6.68. The molecule has 0 saturated heterocycles. The second-order valence-corrected chi connectivity index (χ2v) is 6.30. The van der Waals surface area contributed by atoms with E-state index in [9.17, 15) is 9.59 Å². The van der Waals surface area contributed by atoms with Gasteiger partial charge in [-0.3, -0.25) is 9.59 Å². The van der Waals surface area contributed by atoms with Crippen molar-refractivity contribution >= 4 is 40.6 Å². The van der Waals surface area contributed by atoms with Crippen molar-refractivity contribution in [1.82, 2.24) is 0 Å². The summed E-state index contributed by atoms with van der Waals surface area (Å²) in [6.07, 6.45) is 3.99. The first kappa shape index (κ1) is 18.4. The molecule has 0 atom stereocenters. The summed E-state index contributed by atoms with van der Waals surface area (Å²) in [5.74, 6) is -1.23. The summed E-state index contributed by atoms with van der Waals surface area (Å²) < 4.78 is 10.3. The van der Waals surface area contributed by atoms with Crippen LogP contribution in [0.3, 0.4) is 0 Å². The van der Waals surface area contributed by atoms with Crippen LogP contribution < -0.4 is 0 Å². The van der Waals surface area contributed by atoms with Crippen LogP contribution in [0.25, 0.3) is 6.08 Å². The SMILES string of the molecule is C=C(I)CC(C/C=C/c1ccccc1)(C(=O)OC)C(=O)OC. The summed E-state index contributed by atoms with van der Waals surface area (Å²) in [6.45, 7) is 3.79. The molecule has 4 nitrogen and oxygen atoms in total. The molecule has 118 valence electrons. The van der Waals surface area contributed by atoms with Crippen LogP contribution in [-0.4, -0.2) is 26.2 Å². The van der Waals surface area contributed by atoms with Crippen LogP contribution in [0.15, 0.2) is 46.6 Å². The van der Waals surface area contributed by atoms with Gasteiger partial charge in [-0.15, -0.1) is 0 Å². The van der Waals surface area contributed by atoms with Gasteiger partial charge in [0.05, 0.1) is 14.2 Å². The Morgan fingerprint density at radius 2 is 1.73 bits per heavy atom. The average Bonchev–Trinajstić information content (AvgIpc) is 2.52. The molecule has 5 heteroatoms. The van der Waals surface area contributed by atoms with Crippen molar-refractivity contribution in [2.45, 2.75) is 12.8 Å². The Kier molecular flexibility index (Phi) is 7.31. The lowest BCUT2D eigenvalue weighted by molar-refractivity contribution is -0.168. The Hall–Kier alpha value is -1.63. The lowest BCUT2D eigenvalue weighted by Gasteiger charge is -2.26. The first-order chi connectivity index (χ1) is 10.5. The highest BCUT2D eigenvalue weighted by Gasteiger charge is 2.47. The highest BCUT2D eigenvalue weighted by molar-refractivity contribution is 14.1. The molecule has 0 radical (unpaired) electrons. The van der Waals surface area contributed by atoms with E-state index in [4.69, 9.17) is 9.47 Å². The minimum atomic E-state index is -1.40. The molecule has 0 N–H and O–H groups in total. The van der Waals surface area contributed by atoms with Crippen molar-refractivity contribution < 1.29 is 19.1 Å². The van der Waals surface area contributed by atoms with Crippen molar-refractivity contribution in [3.05, 3.63) is 52.1 Å². The number of halogens is 1.